The summed E-state index contributed by atoms with van der Waals surface area (Å²) in [5, 5.41) is 0. The van der Waals surface area contributed by atoms with Gasteiger partial charge in [0.2, 0.25) is 0 Å². The molecular formula is C17H30O2. The molecule has 110 valence electrons. The van der Waals surface area contributed by atoms with Crippen molar-refractivity contribution >= 4 is 5.97 Å². The van der Waals surface area contributed by atoms with E-state index in [1.807, 2.05) is 0 Å². The van der Waals surface area contributed by atoms with Crippen LogP contribution in [0, 0.1) is 22.7 Å². The lowest BCUT2D eigenvalue weighted by atomic mass is 9.53. The van der Waals surface area contributed by atoms with Gasteiger partial charge in [0.05, 0.1) is 0 Å². The van der Waals surface area contributed by atoms with Gasteiger partial charge in [-0.1, -0.05) is 33.6 Å². The topological polar surface area (TPSA) is 26.3 Å². The van der Waals surface area contributed by atoms with Crippen LogP contribution in [0.5, 0.6) is 0 Å². The molecule has 0 aromatic carbocycles. The zero-order valence-electron chi connectivity index (χ0n) is 13.3. The molecule has 2 nitrogen and oxygen atoms in total. The second kappa shape index (κ2) is 5.10. The van der Waals surface area contributed by atoms with Crippen molar-refractivity contribution in [2.75, 3.05) is 0 Å². The van der Waals surface area contributed by atoms with Crippen molar-refractivity contribution in [2.24, 2.45) is 22.7 Å². The van der Waals surface area contributed by atoms with E-state index in [-0.39, 0.29) is 17.5 Å². The van der Waals surface area contributed by atoms with Crippen molar-refractivity contribution in [1.82, 2.24) is 0 Å². The average Bonchev–Trinajstić information content (AvgIpc) is 2.29. The zero-order valence-corrected chi connectivity index (χ0v) is 13.3. The lowest BCUT2D eigenvalue weighted by Crippen LogP contribution is -2.46. The Kier molecular flexibility index (Phi) is 3.99. The van der Waals surface area contributed by atoms with Crippen LogP contribution >= 0.6 is 0 Å². The predicted octanol–water partition coefficient (Wildman–Crippen LogP) is 4.57. The molecule has 0 aromatic heterocycles. The van der Waals surface area contributed by atoms with Gasteiger partial charge in [-0.3, -0.25) is 4.79 Å². The third kappa shape index (κ3) is 2.98. The number of carbonyl (C=O) groups is 1. The first kappa shape index (κ1) is 14.9. The normalized spacial score (nSPS) is 39.2. The smallest absolute Gasteiger partial charge is 0.302 e. The van der Waals surface area contributed by atoms with Crippen LogP contribution in [0.25, 0.3) is 0 Å². The van der Waals surface area contributed by atoms with Crippen molar-refractivity contribution < 1.29 is 9.53 Å². The molecule has 0 amide bonds. The van der Waals surface area contributed by atoms with E-state index in [0.29, 0.717) is 5.41 Å². The fourth-order valence-electron chi connectivity index (χ4n) is 4.51. The molecule has 0 aliphatic heterocycles. The summed E-state index contributed by atoms with van der Waals surface area (Å²) < 4.78 is 5.50. The van der Waals surface area contributed by atoms with Crippen LogP contribution < -0.4 is 0 Å². The Bertz CT molecular complexity index is 347. The highest BCUT2D eigenvalue weighted by atomic mass is 16.5. The summed E-state index contributed by atoms with van der Waals surface area (Å²) in [7, 11) is 0. The molecule has 19 heavy (non-hydrogen) atoms. The van der Waals surface area contributed by atoms with Crippen LogP contribution in [-0.2, 0) is 9.53 Å². The van der Waals surface area contributed by atoms with Crippen LogP contribution in [0.1, 0.15) is 73.1 Å². The van der Waals surface area contributed by atoms with Gasteiger partial charge in [-0.15, -0.1) is 0 Å². The third-order valence-corrected chi connectivity index (χ3v) is 6.07. The molecule has 4 atom stereocenters. The van der Waals surface area contributed by atoms with Gasteiger partial charge in [0, 0.05) is 12.3 Å². The second-order valence-corrected chi connectivity index (χ2v) is 7.90. The molecule has 0 saturated heterocycles. The van der Waals surface area contributed by atoms with Crippen LogP contribution in [0.2, 0.25) is 0 Å². The average molecular weight is 266 g/mol. The molecule has 0 spiro atoms. The Hall–Kier alpha value is -0.530. The molecule has 2 saturated carbocycles. The van der Waals surface area contributed by atoms with Crippen LogP contribution in [0.4, 0.5) is 0 Å². The molecule has 2 aliphatic rings. The van der Waals surface area contributed by atoms with E-state index in [9.17, 15) is 4.79 Å². The molecule has 4 unspecified atom stereocenters. The standard InChI is InChI=1S/C17H30O2/c1-12(19-13(2)18)17(5)10-8-14-7-6-9-16(3,4)15(14)11-17/h12,14-15H,6-11H2,1-5H3. The Balaban J connectivity index is 2.11. The van der Waals surface area contributed by atoms with Gasteiger partial charge in [0.1, 0.15) is 6.10 Å². The van der Waals surface area contributed by atoms with Gasteiger partial charge in [0.25, 0.3) is 0 Å². The van der Waals surface area contributed by atoms with Gasteiger partial charge < -0.3 is 4.74 Å². The number of rotatable bonds is 2. The number of carbonyl (C=O) groups excluding carboxylic acids is 1. The fourth-order valence-corrected chi connectivity index (χ4v) is 4.51. The third-order valence-electron chi connectivity index (χ3n) is 6.07. The monoisotopic (exact) mass is 266 g/mol. The van der Waals surface area contributed by atoms with Gasteiger partial charge in [-0.2, -0.15) is 0 Å². The summed E-state index contributed by atoms with van der Waals surface area (Å²) in [6.07, 6.45) is 7.94. The SMILES string of the molecule is CC(=O)OC(C)C1(C)CCC2CCCC(C)(C)C2C1. The molecular weight excluding hydrogens is 236 g/mol. The molecule has 2 fully saturated rings. The predicted molar refractivity (Wildman–Crippen MR) is 77.8 cm³/mol. The Morgan fingerprint density at radius 2 is 1.89 bits per heavy atom. The summed E-state index contributed by atoms with van der Waals surface area (Å²) in [5.74, 6) is 1.57. The number of fused-ring (bicyclic) bond motifs is 1. The van der Waals surface area contributed by atoms with E-state index in [1.165, 1.54) is 45.4 Å². The van der Waals surface area contributed by atoms with Crippen molar-refractivity contribution in [3.8, 4) is 0 Å². The van der Waals surface area contributed by atoms with E-state index < -0.39 is 0 Å². The zero-order chi connectivity index (χ0) is 14.3. The van der Waals surface area contributed by atoms with Gasteiger partial charge >= 0.3 is 5.97 Å². The Morgan fingerprint density at radius 3 is 2.53 bits per heavy atom. The second-order valence-electron chi connectivity index (χ2n) is 7.90. The van der Waals surface area contributed by atoms with Crippen LogP contribution in [0.15, 0.2) is 0 Å². The first-order valence-corrected chi connectivity index (χ1v) is 7.92. The highest BCUT2D eigenvalue weighted by Gasteiger charge is 2.48. The largest absolute Gasteiger partial charge is 0.462 e. The van der Waals surface area contributed by atoms with E-state index in [2.05, 4.69) is 27.7 Å². The maximum absolute atomic E-state index is 11.2. The van der Waals surface area contributed by atoms with Crippen LogP contribution in [-0.4, -0.2) is 12.1 Å². The maximum atomic E-state index is 11.2. The number of ether oxygens (including phenoxy) is 1. The molecule has 0 radical (unpaired) electrons. The van der Waals surface area contributed by atoms with Gasteiger partial charge in [0.15, 0.2) is 0 Å². The molecule has 2 rings (SSSR count). The first-order valence-electron chi connectivity index (χ1n) is 7.92. The van der Waals surface area contributed by atoms with Gasteiger partial charge in [-0.25, -0.2) is 0 Å². The molecule has 0 bridgehead atoms. The highest BCUT2D eigenvalue weighted by Crippen LogP contribution is 2.56. The lowest BCUT2D eigenvalue weighted by molar-refractivity contribution is -0.156. The van der Waals surface area contributed by atoms with Gasteiger partial charge in [-0.05, 0) is 49.9 Å². The molecule has 2 aliphatic carbocycles. The fraction of sp³-hybridized carbons (Fsp3) is 0.941. The van der Waals surface area contributed by atoms with Crippen molar-refractivity contribution in [3.63, 3.8) is 0 Å². The van der Waals surface area contributed by atoms with Crippen LogP contribution in [0.3, 0.4) is 0 Å². The minimum atomic E-state index is -0.140. The Morgan fingerprint density at radius 1 is 1.21 bits per heavy atom. The number of hydrogen-bond acceptors (Lipinski definition) is 2. The summed E-state index contributed by atoms with van der Waals surface area (Å²) >= 11 is 0. The van der Waals surface area contributed by atoms with Crippen molar-refractivity contribution in [1.29, 1.82) is 0 Å². The highest BCUT2D eigenvalue weighted by molar-refractivity contribution is 5.66. The van der Waals surface area contributed by atoms with E-state index in [4.69, 9.17) is 4.74 Å². The Labute approximate surface area is 118 Å². The van der Waals surface area contributed by atoms with E-state index in [1.54, 1.807) is 0 Å². The quantitative estimate of drug-likeness (QED) is 0.684. The summed E-state index contributed by atoms with van der Waals surface area (Å²) in [5.41, 5.74) is 0.627. The number of esters is 1. The minimum absolute atomic E-state index is 0.0451. The number of hydrogen-bond donors (Lipinski definition) is 0. The molecule has 0 heterocycles. The summed E-state index contributed by atoms with van der Waals surface area (Å²) in [4.78, 5) is 11.2. The lowest BCUT2D eigenvalue weighted by Gasteiger charge is -2.53. The van der Waals surface area contributed by atoms with Crippen molar-refractivity contribution in [3.05, 3.63) is 0 Å². The summed E-state index contributed by atoms with van der Waals surface area (Å²) in [6, 6.07) is 0. The maximum Gasteiger partial charge on any atom is 0.302 e. The van der Waals surface area contributed by atoms with E-state index in [0.717, 1.165) is 11.8 Å². The minimum Gasteiger partial charge on any atom is -0.462 e. The summed E-state index contributed by atoms with van der Waals surface area (Å²) in [6.45, 7) is 10.8. The molecule has 2 heteroatoms. The molecule has 0 aromatic rings. The van der Waals surface area contributed by atoms with Crippen molar-refractivity contribution in [2.45, 2.75) is 79.2 Å². The van der Waals surface area contributed by atoms with E-state index >= 15 is 0 Å². The molecule has 0 N–H and O–H groups in total. The first-order chi connectivity index (χ1) is 8.74.